The molecule has 0 amide bonds. The summed E-state index contributed by atoms with van der Waals surface area (Å²) in [6, 6.07) is 21.0. The second-order valence-corrected chi connectivity index (χ2v) is 5.59. The zero-order valence-corrected chi connectivity index (χ0v) is 14.6. The summed E-state index contributed by atoms with van der Waals surface area (Å²) in [5.74, 6) is 0. The Hall–Kier alpha value is -1.45. The third-order valence-corrected chi connectivity index (χ3v) is 3.75. The van der Waals surface area contributed by atoms with Gasteiger partial charge in [0.15, 0.2) is 12.7 Å². The van der Waals surface area contributed by atoms with Crippen LogP contribution in [-0.4, -0.2) is 0 Å². The van der Waals surface area contributed by atoms with Gasteiger partial charge in [0.05, 0.1) is 0 Å². The standard InChI is InChI=1S/C18H15BrN.BrH/c19-17-10-11-18-16(14-17)9-5-13-20(18)12-4-8-15-6-2-1-3-7-15;/h1-11,13-14H,12H2;1H/q+1;/p-1. The van der Waals surface area contributed by atoms with Crippen LogP contribution in [0.5, 0.6) is 0 Å². The minimum atomic E-state index is 0. The van der Waals surface area contributed by atoms with Crippen LogP contribution >= 0.6 is 15.9 Å². The zero-order chi connectivity index (χ0) is 13.8. The molecule has 1 nitrogen and oxygen atoms in total. The molecule has 0 aliphatic carbocycles. The lowest BCUT2D eigenvalue weighted by molar-refractivity contribution is -0.660. The van der Waals surface area contributed by atoms with Gasteiger partial charge in [0.25, 0.3) is 0 Å². The highest BCUT2D eigenvalue weighted by atomic mass is 79.9. The van der Waals surface area contributed by atoms with E-state index in [1.165, 1.54) is 16.5 Å². The fraction of sp³-hybridized carbons (Fsp3) is 0.0556. The number of benzene rings is 2. The fourth-order valence-corrected chi connectivity index (χ4v) is 2.66. The molecule has 0 aliphatic rings. The number of pyridine rings is 1. The lowest BCUT2D eigenvalue weighted by Gasteiger charge is -1.99. The summed E-state index contributed by atoms with van der Waals surface area (Å²) in [4.78, 5) is 0. The molecule has 2 aromatic carbocycles. The van der Waals surface area contributed by atoms with Gasteiger partial charge in [-0.3, -0.25) is 0 Å². The van der Waals surface area contributed by atoms with Crippen LogP contribution in [0.1, 0.15) is 5.56 Å². The number of fused-ring (bicyclic) bond motifs is 1. The number of rotatable bonds is 3. The Morgan fingerprint density at radius 2 is 1.76 bits per heavy atom. The van der Waals surface area contributed by atoms with Gasteiger partial charge in [-0.2, -0.15) is 4.57 Å². The molecule has 0 atom stereocenters. The maximum atomic E-state index is 3.52. The Morgan fingerprint density at radius 3 is 2.57 bits per heavy atom. The molecule has 0 N–H and O–H groups in total. The van der Waals surface area contributed by atoms with Gasteiger partial charge in [-0.1, -0.05) is 52.3 Å². The van der Waals surface area contributed by atoms with Crippen molar-refractivity contribution in [3.63, 3.8) is 0 Å². The van der Waals surface area contributed by atoms with E-state index >= 15 is 0 Å². The Balaban J connectivity index is 0.00000161. The van der Waals surface area contributed by atoms with Crippen molar-refractivity contribution >= 4 is 32.9 Å². The Labute approximate surface area is 143 Å². The summed E-state index contributed by atoms with van der Waals surface area (Å²) < 4.78 is 3.36. The average molecular weight is 405 g/mol. The van der Waals surface area contributed by atoms with E-state index in [9.17, 15) is 0 Å². The number of hydrogen-bond acceptors (Lipinski definition) is 0. The molecule has 0 bridgehead atoms. The van der Waals surface area contributed by atoms with Crippen molar-refractivity contribution in [1.29, 1.82) is 0 Å². The predicted molar refractivity (Wildman–Crippen MR) is 87.3 cm³/mol. The van der Waals surface area contributed by atoms with Crippen LogP contribution in [0, 0.1) is 0 Å². The predicted octanol–water partition coefficient (Wildman–Crippen LogP) is 1.61. The summed E-state index contributed by atoms with van der Waals surface area (Å²) in [6.07, 6.45) is 6.47. The lowest BCUT2D eigenvalue weighted by Crippen LogP contribution is -3.00. The molecule has 0 unspecified atom stereocenters. The van der Waals surface area contributed by atoms with Crippen molar-refractivity contribution in [1.82, 2.24) is 0 Å². The van der Waals surface area contributed by atoms with Crippen LogP contribution in [-0.2, 0) is 6.54 Å². The third kappa shape index (κ3) is 4.02. The van der Waals surface area contributed by atoms with E-state index < -0.39 is 0 Å². The minimum absolute atomic E-state index is 0. The monoisotopic (exact) mass is 403 g/mol. The van der Waals surface area contributed by atoms with E-state index in [0.717, 1.165) is 11.0 Å². The normalized spacial score (nSPS) is 10.7. The van der Waals surface area contributed by atoms with Crippen molar-refractivity contribution in [2.75, 3.05) is 0 Å². The first kappa shape index (κ1) is 15.9. The second-order valence-electron chi connectivity index (χ2n) is 4.68. The molecule has 0 aliphatic heterocycles. The van der Waals surface area contributed by atoms with Crippen LogP contribution in [0.3, 0.4) is 0 Å². The first-order valence-electron chi connectivity index (χ1n) is 6.62. The van der Waals surface area contributed by atoms with Gasteiger partial charge >= 0.3 is 0 Å². The molecule has 106 valence electrons. The summed E-state index contributed by atoms with van der Waals surface area (Å²) in [7, 11) is 0. The molecule has 3 heteroatoms. The molecule has 1 heterocycles. The molecule has 0 saturated carbocycles. The quantitative estimate of drug-likeness (QED) is 0.584. The van der Waals surface area contributed by atoms with Crippen LogP contribution in [0.15, 0.2) is 77.4 Å². The summed E-state index contributed by atoms with van der Waals surface area (Å²) >= 11 is 3.52. The van der Waals surface area contributed by atoms with Gasteiger partial charge < -0.3 is 17.0 Å². The molecule has 0 spiro atoms. The molecule has 21 heavy (non-hydrogen) atoms. The van der Waals surface area contributed by atoms with Crippen molar-refractivity contribution < 1.29 is 21.5 Å². The maximum Gasteiger partial charge on any atom is 0.212 e. The molecule has 3 aromatic rings. The second kappa shape index (κ2) is 7.53. The summed E-state index contributed by atoms with van der Waals surface area (Å²) in [5, 5.41) is 1.25. The van der Waals surface area contributed by atoms with E-state index in [1.807, 2.05) is 6.07 Å². The summed E-state index contributed by atoms with van der Waals surface area (Å²) in [6.45, 7) is 0.869. The topological polar surface area (TPSA) is 3.88 Å². The lowest BCUT2D eigenvalue weighted by atomic mass is 10.2. The van der Waals surface area contributed by atoms with E-state index in [-0.39, 0.29) is 17.0 Å². The molecular weight excluding hydrogens is 390 g/mol. The number of allylic oxidation sites excluding steroid dienone is 1. The van der Waals surface area contributed by atoms with Crippen LogP contribution in [0.2, 0.25) is 0 Å². The van der Waals surface area contributed by atoms with Gasteiger partial charge in [-0.25, -0.2) is 0 Å². The zero-order valence-electron chi connectivity index (χ0n) is 11.4. The summed E-state index contributed by atoms with van der Waals surface area (Å²) in [5.41, 5.74) is 2.48. The van der Waals surface area contributed by atoms with Crippen LogP contribution in [0.25, 0.3) is 17.0 Å². The van der Waals surface area contributed by atoms with Crippen molar-refractivity contribution in [2.45, 2.75) is 6.54 Å². The SMILES string of the molecule is Brc1ccc2c(ccc[n+]2CC=Cc2ccccc2)c1.[Br-]. The first-order valence-corrected chi connectivity index (χ1v) is 7.41. The van der Waals surface area contributed by atoms with Gasteiger partial charge in [0.2, 0.25) is 5.52 Å². The highest BCUT2D eigenvalue weighted by Gasteiger charge is 2.06. The largest absolute Gasteiger partial charge is 1.00 e. The number of aromatic nitrogens is 1. The molecule has 0 radical (unpaired) electrons. The Bertz CT molecular complexity index is 752. The number of hydrogen-bond donors (Lipinski definition) is 0. The Morgan fingerprint density at radius 1 is 0.952 bits per heavy atom. The van der Waals surface area contributed by atoms with E-state index in [4.69, 9.17) is 0 Å². The Kier molecular flexibility index (Phi) is 5.71. The van der Waals surface area contributed by atoms with Gasteiger partial charge in [-0.05, 0) is 29.8 Å². The van der Waals surface area contributed by atoms with Crippen molar-refractivity contribution in [3.8, 4) is 0 Å². The molecule has 3 rings (SSSR count). The van der Waals surface area contributed by atoms with Gasteiger partial charge in [0.1, 0.15) is 0 Å². The van der Waals surface area contributed by atoms with E-state index in [1.54, 1.807) is 0 Å². The third-order valence-electron chi connectivity index (χ3n) is 3.25. The molecule has 1 aromatic heterocycles. The van der Waals surface area contributed by atoms with Gasteiger partial charge in [0, 0.05) is 22.0 Å². The maximum absolute atomic E-state index is 3.52. The first-order chi connectivity index (χ1) is 9.83. The molecular formula is C18H15Br2N. The van der Waals surface area contributed by atoms with Crippen molar-refractivity contribution in [3.05, 3.63) is 83.0 Å². The number of nitrogens with zero attached hydrogens (tertiary/aromatic N) is 1. The van der Waals surface area contributed by atoms with E-state index in [2.05, 4.69) is 93.4 Å². The minimum Gasteiger partial charge on any atom is -1.00 e. The van der Waals surface area contributed by atoms with E-state index in [0.29, 0.717) is 0 Å². The van der Waals surface area contributed by atoms with Crippen molar-refractivity contribution in [2.24, 2.45) is 0 Å². The smallest absolute Gasteiger partial charge is 0.212 e. The fourth-order valence-electron chi connectivity index (χ4n) is 2.28. The van der Waals surface area contributed by atoms with Crippen LogP contribution < -0.4 is 21.5 Å². The number of halogens is 2. The molecule has 0 saturated heterocycles. The van der Waals surface area contributed by atoms with Crippen LogP contribution in [0.4, 0.5) is 0 Å². The average Bonchev–Trinajstić information content (AvgIpc) is 2.48. The molecule has 0 fully saturated rings. The van der Waals surface area contributed by atoms with Gasteiger partial charge in [-0.15, -0.1) is 0 Å². The highest BCUT2D eigenvalue weighted by molar-refractivity contribution is 9.10. The highest BCUT2D eigenvalue weighted by Crippen LogP contribution is 2.16.